The molecule has 35 heavy (non-hydrogen) atoms. The smallest absolute Gasteiger partial charge is 0.338 e. The molecule has 184 valence electrons. The summed E-state index contributed by atoms with van der Waals surface area (Å²) in [7, 11) is 1.44. The number of urea groups is 1. The Balaban J connectivity index is 1.70. The lowest BCUT2D eigenvalue weighted by atomic mass is 9.95. The number of esters is 1. The van der Waals surface area contributed by atoms with Crippen molar-refractivity contribution in [3.63, 3.8) is 0 Å². The van der Waals surface area contributed by atoms with Crippen LogP contribution in [-0.4, -0.2) is 44.4 Å². The van der Waals surface area contributed by atoms with E-state index in [0.29, 0.717) is 33.3 Å². The topological polar surface area (TPSA) is 127 Å². The first kappa shape index (κ1) is 25.6. The van der Waals surface area contributed by atoms with Crippen molar-refractivity contribution in [3.05, 3.63) is 69.9 Å². The molecule has 0 bridgehead atoms. The van der Waals surface area contributed by atoms with E-state index >= 15 is 0 Å². The van der Waals surface area contributed by atoms with Crippen molar-refractivity contribution in [3.8, 4) is 11.5 Å². The summed E-state index contributed by atoms with van der Waals surface area (Å²) in [6.07, 6.45) is 1.43. The highest BCUT2D eigenvalue weighted by Gasteiger charge is 2.32. The second-order valence-electron chi connectivity index (χ2n) is 7.30. The number of ether oxygens (including phenoxy) is 3. The molecule has 1 atom stereocenters. The quantitative estimate of drug-likeness (QED) is 0.276. The number of allylic oxidation sites excluding steroid dienone is 1. The van der Waals surface area contributed by atoms with Crippen molar-refractivity contribution in [2.45, 2.75) is 19.9 Å². The lowest BCUT2D eigenvalue weighted by Crippen LogP contribution is -2.45. The van der Waals surface area contributed by atoms with Crippen LogP contribution in [0.3, 0.4) is 0 Å². The molecule has 10 nitrogen and oxygen atoms in total. The Hall–Kier alpha value is -4.05. The monoisotopic (exact) mass is 500 g/mol. The number of nitrogens with one attached hydrogen (secondary N) is 3. The molecule has 2 aromatic rings. The molecule has 0 radical (unpaired) electrons. The number of rotatable bonds is 9. The summed E-state index contributed by atoms with van der Waals surface area (Å²) in [4.78, 5) is 36.7. The summed E-state index contributed by atoms with van der Waals surface area (Å²) in [5.74, 6) is -0.437. The van der Waals surface area contributed by atoms with Crippen molar-refractivity contribution >= 4 is 35.7 Å². The van der Waals surface area contributed by atoms with Crippen LogP contribution in [0.4, 0.5) is 4.79 Å². The van der Waals surface area contributed by atoms with E-state index in [9.17, 15) is 14.4 Å². The number of benzene rings is 2. The summed E-state index contributed by atoms with van der Waals surface area (Å²) in [5, 5.41) is 9.68. The molecule has 11 heteroatoms. The van der Waals surface area contributed by atoms with Crippen LogP contribution in [0.1, 0.15) is 31.0 Å². The Bertz CT molecular complexity index is 1180. The maximum atomic E-state index is 12.5. The molecule has 0 spiro atoms. The van der Waals surface area contributed by atoms with Crippen LogP contribution in [0.25, 0.3) is 0 Å². The standard InChI is InChI=1S/C24H25ClN4O6/c1-4-34-23(31)21-14(2)27-24(32)28-22(21)15-9-10-18(19(11-15)33-3)35-13-20(30)29-26-12-16-7-5-6-8-17(16)25/h5-12,22H,4,13H2,1-3H3,(H,29,30)(H2,27,28,32)/b26-12-/t22-/m1/s1. The van der Waals surface area contributed by atoms with Gasteiger partial charge >= 0.3 is 12.0 Å². The minimum Gasteiger partial charge on any atom is -0.493 e. The van der Waals surface area contributed by atoms with Gasteiger partial charge in [0.05, 0.1) is 31.5 Å². The molecule has 0 aromatic heterocycles. The van der Waals surface area contributed by atoms with Gasteiger partial charge in [0.25, 0.3) is 5.91 Å². The van der Waals surface area contributed by atoms with E-state index in [1.807, 2.05) is 0 Å². The van der Waals surface area contributed by atoms with Crippen molar-refractivity contribution in [1.29, 1.82) is 0 Å². The number of hydrazone groups is 1. The van der Waals surface area contributed by atoms with Gasteiger partial charge in [0.2, 0.25) is 0 Å². The average molecular weight is 501 g/mol. The fourth-order valence-corrected chi connectivity index (χ4v) is 3.52. The third-order valence-corrected chi connectivity index (χ3v) is 5.29. The first-order valence-electron chi connectivity index (χ1n) is 10.7. The molecule has 3 rings (SSSR count). The van der Waals surface area contributed by atoms with Gasteiger partial charge in [-0.25, -0.2) is 15.0 Å². The van der Waals surface area contributed by atoms with Gasteiger partial charge in [-0.05, 0) is 37.6 Å². The number of methoxy groups -OCH3 is 1. The molecule has 0 saturated heterocycles. The molecule has 3 amide bonds. The van der Waals surface area contributed by atoms with E-state index in [1.54, 1.807) is 56.3 Å². The van der Waals surface area contributed by atoms with E-state index in [-0.39, 0.29) is 18.8 Å². The Labute approximate surface area is 207 Å². The lowest BCUT2D eigenvalue weighted by Gasteiger charge is -2.28. The van der Waals surface area contributed by atoms with Crippen LogP contribution >= 0.6 is 11.6 Å². The number of carbonyl (C=O) groups is 3. The van der Waals surface area contributed by atoms with Gasteiger partial charge in [0, 0.05) is 16.3 Å². The molecule has 0 saturated carbocycles. The van der Waals surface area contributed by atoms with Crippen LogP contribution in [0.15, 0.2) is 58.8 Å². The maximum Gasteiger partial charge on any atom is 0.338 e. The fraction of sp³-hybridized carbons (Fsp3) is 0.250. The van der Waals surface area contributed by atoms with Gasteiger partial charge in [-0.1, -0.05) is 35.9 Å². The molecular weight excluding hydrogens is 476 g/mol. The zero-order chi connectivity index (χ0) is 25.4. The largest absolute Gasteiger partial charge is 0.493 e. The molecule has 1 aliphatic heterocycles. The van der Waals surface area contributed by atoms with Gasteiger partial charge < -0.3 is 24.8 Å². The zero-order valence-electron chi connectivity index (χ0n) is 19.4. The first-order chi connectivity index (χ1) is 16.8. The Kier molecular flexibility index (Phi) is 8.69. The SMILES string of the molecule is CCOC(=O)C1=C(C)NC(=O)N[C@@H]1c1ccc(OCC(=O)N/N=C\c2ccccc2Cl)c(OC)c1. The molecule has 0 unspecified atom stereocenters. The molecule has 1 aliphatic rings. The van der Waals surface area contributed by atoms with E-state index in [0.717, 1.165) is 0 Å². The van der Waals surface area contributed by atoms with Gasteiger partial charge in [0.15, 0.2) is 18.1 Å². The normalized spacial score (nSPS) is 15.3. The highest BCUT2D eigenvalue weighted by molar-refractivity contribution is 6.33. The van der Waals surface area contributed by atoms with Crippen LogP contribution in [0.2, 0.25) is 5.02 Å². The van der Waals surface area contributed by atoms with Gasteiger partial charge in [-0.15, -0.1) is 0 Å². The number of halogens is 1. The molecule has 3 N–H and O–H groups in total. The Morgan fingerprint density at radius 2 is 1.97 bits per heavy atom. The number of amides is 3. The summed E-state index contributed by atoms with van der Waals surface area (Å²) >= 11 is 6.04. The summed E-state index contributed by atoms with van der Waals surface area (Å²) < 4.78 is 16.1. The highest BCUT2D eigenvalue weighted by Crippen LogP contribution is 2.34. The fourth-order valence-electron chi connectivity index (χ4n) is 3.34. The molecule has 0 aliphatic carbocycles. The second kappa shape index (κ2) is 11.9. The highest BCUT2D eigenvalue weighted by atomic mass is 35.5. The van der Waals surface area contributed by atoms with Crippen molar-refractivity contribution in [2.75, 3.05) is 20.3 Å². The Morgan fingerprint density at radius 1 is 1.20 bits per heavy atom. The van der Waals surface area contributed by atoms with Gasteiger partial charge in [-0.3, -0.25) is 4.79 Å². The van der Waals surface area contributed by atoms with E-state index in [2.05, 4.69) is 21.2 Å². The minimum atomic E-state index is -0.756. The number of hydrogen-bond donors (Lipinski definition) is 3. The van der Waals surface area contributed by atoms with Crippen molar-refractivity contribution in [1.82, 2.24) is 16.1 Å². The van der Waals surface area contributed by atoms with Crippen molar-refractivity contribution < 1.29 is 28.6 Å². The molecule has 1 heterocycles. The zero-order valence-corrected chi connectivity index (χ0v) is 20.1. The third kappa shape index (κ3) is 6.51. The summed E-state index contributed by atoms with van der Waals surface area (Å²) in [5.41, 5.74) is 4.26. The molecule has 2 aromatic carbocycles. The summed E-state index contributed by atoms with van der Waals surface area (Å²) in [6.45, 7) is 3.19. The van der Waals surface area contributed by atoms with Crippen molar-refractivity contribution in [2.24, 2.45) is 5.10 Å². The predicted molar refractivity (Wildman–Crippen MR) is 129 cm³/mol. The van der Waals surface area contributed by atoms with E-state index in [1.165, 1.54) is 13.3 Å². The Morgan fingerprint density at radius 3 is 2.69 bits per heavy atom. The third-order valence-electron chi connectivity index (χ3n) is 4.94. The van der Waals surface area contributed by atoms with Crippen LogP contribution < -0.4 is 25.5 Å². The molecule has 0 fully saturated rings. The van der Waals surface area contributed by atoms with Crippen LogP contribution in [-0.2, 0) is 14.3 Å². The lowest BCUT2D eigenvalue weighted by molar-refractivity contribution is -0.139. The predicted octanol–water partition coefficient (Wildman–Crippen LogP) is 3.07. The molecular formula is C24H25ClN4O6. The number of carbonyl (C=O) groups excluding carboxylic acids is 3. The van der Waals surface area contributed by atoms with Crippen LogP contribution in [0, 0.1) is 0 Å². The van der Waals surface area contributed by atoms with E-state index in [4.69, 9.17) is 25.8 Å². The second-order valence-corrected chi connectivity index (χ2v) is 7.71. The number of hydrogen-bond acceptors (Lipinski definition) is 7. The minimum absolute atomic E-state index is 0.191. The average Bonchev–Trinajstić information content (AvgIpc) is 2.83. The van der Waals surface area contributed by atoms with Crippen LogP contribution in [0.5, 0.6) is 11.5 Å². The summed E-state index contributed by atoms with van der Waals surface area (Å²) in [6, 6.07) is 10.7. The number of nitrogens with zero attached hydrogens (tertiary/aromatic N) is 1. The first-order valence-corrected chi connectivity index (χ1v) is 11.0. The van der Waals surface area contributed by atoms with Gasteiger partial charge in [0.1, 0.15) is 0 Å². The maximum absolute atomic E-state index is 12.5. The van der Waals surface area contributed by atoms with E-state index < -0.39 is 23.9 Å². The van der Waals surface area contributed by atoms with Gasteiger partial charge in [-0.2, -0.15) is 5.10 Å².